The van der Waals surface area contributed by atoms with Gasteiger partial charge in [-0.3, -0.25) is 0 Å². The molecule has 0 saturated carbocycles. The van der Waals surface area contributed by atoms with Gasteiger partial charge in [0.1, 0.15) is 18.1 Å². The summed E-state index contributed by atoms with van der Waals surface area (Å²) in [4.78, 5) is 0. The molecule has 0 spiro atoms. The maximum absolute atomic E-state index is 5.87. The molecule has 1 aromatic carbocycles. The van der Waals surface area contributed by atoms with E-state index >= 15 is 0 Å². The molecule has 0 aliphatic carbocycles. The first kappa shape index (κ1) is 28.7. The maximum atomic E-state index is 5.87. The Kier molecular flexibility index (Phi) is 17.5. The number of furan rings is 1. The predicted octanol–water partition coefficient (Wildman–Crippen LogP) is 9.35. The number of ether oxygens (including phenoxy) is 1. The van der Waals surface area contributed by atoms with Gasteiger partial charge in [0.05, 0.1) is 6.54 Å². The Balaban J connectivity index is 1.30. The molecular weight excluding hydrogens is 418 g/mol. The van der Waals surface area contributed by atoms with Gasteiger partial charge < -0.3 is 14.5 Å². The van der Waals surface area contributed by atoms with E-state index in [-0.39, 0.29) is 0 Å². The summed E-state index contributed by atoms with van der Waals surface area (Å²) >= 11 is 0. The molecule has 0 amide bonds. The Morgan fingerprint density at radius 1 is 0.588 bits per heavy atom. The number of unbranched alkanes of at least 4 members (excludes halogenated alkanes) is 15. The van der Waals surface area contributed by atoms with Crippen LogP contribution in [0, 0.1) is 0 Å². The van der Waals surface area contributed by atoms with Crippen LogP contribution < -0.4 is 5.32 Å². The second kappa shape index (κ2) is 20.8. The van der Waals surface area contributed by atoms with Crippen LogP contribution in [0.4, 0.5) is 0 Å². The molecule has 0 bridgehead atoms. The predicted molar refractivity (Wildman–Crippen MR) is 145 cm³/mol. The molecule has 0 unspecified atom stereocenters. The zero-order valence-corrected chi connectivity index (χ0v) is 22.0. The normalized spacial score (nSPS) is 11.3. The topological polar surface area (TPSA) is 34.4 Å². The van der Waals surface area contributed by atoms with Gasteiger partial charge in [-0.05, 0) is 24.1 Å². The minimum absolute atomic E-state index is 0.581. The largest absolute Gasteiger partial charge is 0.462 e. The SMILES string of the molecule is CCCCCCCCCCCCCCCCCCOCc1ccc(CNCc2ccccc2)o1. The molecule has 2 rings (SSSR count). The van der Waals surface area contributed by atoms with Crippen molar-refractivity contribution in [3.8, 4) is 0 Å². The lowest BCUT2D eigenvalue weighted by Gasteiger charge is -2.04. The molecule has 0 fully saturated rings. The zero-order valence-electron chi connectivity index (χ0n) is 22.0. The van der Waals surface area contributed by atoms with Crippen LogP contribution in [0.2, 0.25) is 0 Å². The number of nitrogens with one attached hydrogen (secondary N) is 1. The van der Waals surface area contributed by atoms with Gasteiger partial charge in [-0.1, -0.05) is 134 Å². The number of rotatable bonds is 23. The highest BCUT2D eigenvalue weighted by atomic mass is 16.5. The smallest absolute Gasteiger partial charge is 0.129 e. The van der Waals surface area contributed by atoms with Crippen molar-refractivity contribution in [1.82, 2.24) is 5.32 Å². The molecular formula is C31H51NO2. The first-order valence-corrected chi connectivity index (χ1v) is 14.3. The number of hydrogen-bond acceptors (Lipinski definition) is 3. The molecule has 1 N–H and O–H groups in total. The van der Waals surface area contributed by atoms with Gasteiger partial charge in [-0.25, -0.2) is 0 Å². The fraction of sp³-hybridized carbons (Fsp3) is 0.677. The van der Waals surface area contributed by atoms with E-state index < -0.39 is 0 Å². The third kappa shape index (κ3) is 15.3. The van der Waals surface area contributed by atoms with Crippen LogP contribution in [0.25, 0.3) is 0 Å². The third-order valence-corrected chi connectivity index (χ3v) is 6.58. The van der Waals surface area contributed by atoms with Crippen LogP contribution in [0.3, 0.4) is 0 Å². The molecule has 34 heavy (non-hydrogen) atoms. The van der Waals surface area contributed by atoms with Crippen molar-refractivity contribution in [1.29, 1.82) is 0 Å². The Morgan fingerprint density at radius 2 is 1.12 bits per heavy atom. The van der Waals surface area contributed by atoms with Crippen LogP contribution in [-0.4, -0.2) is 6.61 Å². The first-order chi connectivity index (χ1) is 16.9. The van der Waals surface area contributed by atoms with Crippen molar-refractivity contribution in [3.63, 3.8) is 0 Å². The van der Waals surface area contributed by atoms with Crippen molar-refractivity contribution in [2.75, 3.05) is 6.61 Å². The Hall–Kier alpha value is -1.58. The minimum atomic E-state index is 0.581. The molecule has 3 nitrogen and oxygen atoms in total. The summed E-state index contributed by atoms with van der Waals surface area (Å²) in [7, 11) is 0. The van der Waals surface area contributed by atoms with E-state index in [0.29, 0.717) is 6.61 Å². The van der Waals surface area contributed by atoms with E-state index in [0.717, 1.165) is 37.6 Å². The van der Waals surface area contributed by atoms with Crippen LogP contribution in [0.15, 0.2) is 46.9 Å². The van der Waals surface area contributed by atoms with E-state index in [9.17, 15) is 0 Å². The van der Waals surface area contributed by atoms with Crippen LogP contribution in [0.1, 0.15) is 127 Å². The Morgan fingerprint density at radius 3 is 1.71 bits per heavy atom. The Labute approximate surface area is 210 Å². The van der Waals surface area contributed by atoms with Gasteiger partial charge in [-0.15, -0.1) is 0 Å². The van der Waals surface area contributed by atoms with Gasteiger partial charge in [-0.2, -0.15) is 0 Å². The summed E-state index contributed by atoms with van der Waals surface area (Å²) < 4.78 is 11.7. The molecule has 0 atom stereocenters. The molecule has 0 radical (unpaired) electrons. The summed E-state index contributed by atoms with van der Waals surface area (Å²) in [5, 5.41) is 3.42. The Bertz CT molecular complexity index is 682. The monoisotopic (exact) mass is 469 g/mol. The van der Waals surface area contributed by atoms with Crippen LogP contribution >= 0.6 is 0 Å². The molecule has 0 saturated heterocycles. The fourth-order valence-corrected chi connectivity index (χ4v) is 4.45. The highest BCUT2D eigenvalue weighted by Gasteiger charge is 2.03. The van der Waals surface area contributed by atoms with Gasteiger partial charge in [0.25, 0.3) is 0 Å². The lowest BCUT2D eigenvalue weighted by Crippen LogP contribution is -2.11. The average molecular weight is 470 g/mol. The minimum Gasteiger partial charge on any atom is -0.462 e. The van der Waals surface area contributed by atoms with E-state index in [4.69, 9.17) is 9.15 Å². The molecule has 1 aromatic heterocycles. The van der Waals surface area contributed by atoms with E-state index in [1.807, 2.05) is 18.2 Å². The summed E-state index contributed by atoms with van der Waals surface area (Å²) in [5.41, 5.74) is 1.29. The van der Waals surface area contributed by atoms with Crippen LogP contribution in [0.5, 0.6) is 0 Å². The lowest BCUT2D eigenvalue weighted by atomic mass is 10.0. The van der Waals surface area contributed by atoms with Crippen molar-refractivity contribution < 1.29 is 9.15 Å². The highest BCUT2D eigenvalue weighted by Crippen LogP contribution is 2.14. The van der Waals surface area contributed by atoms with Crippen molar-refractivity contribution in [3.05, 3.63) is 59.5 Å². The standard InChI is InChI=1S/C31H51NO2/c1-2-3-4-5-6-7-8-9-10-11-12-13-14-15-16-20-25-33-28-31-24-23-30(34-31)27-32-26-29-21-18-17-19-22-29/h17-19,21-24,32H,2-16,20,25-28H2,1H3. The van der Waals surface area contributed by atoms with Crippen LogP contribution in [-0.2, 0) is 24.4 Å². The summed E-state index contributed by atoms with van der Waals surface area (Å²) in [6.07, 6.45) is 22.4. The second-order valence-electron chi connectivity index (χ2n) is 9.81. The summed E-state index contributed by atoms with van der Waals surface area (Å²) in [6, 6.07) is 14.5. The summed E-state index contributed by atoms with van der Waals surface area (Å²) in [5.74, 6) is 1.89. The van der Waals surface area contributed by atoms with E-state index in [1.54, 1.807) is 0 Å². The van der Waals surface area contributed by atoms with Gasteiger partial charge in [0.2, 0.25) is 0 Å². The fourth-order valence-electron chi connectivity index (χ4n) is 4.45. The molecule has 0 aliphatic heterocycles. The molecule has 2 aromatic rings. The molecule has 3 heteroatoms. The quantitative estimate of drug-likeness (QED) is 0.165. The van der Waals surface area contributed by atoms with Crippen molar-refractivity contribution in [2.45, 2.75) is 129 Å². The second-order valence-corrected chi connectivity index (χ2v) is 9.81. The third-order valence-electron chi connectivity index (χ3n) is 6.58. The first-order valence-electron chi connectivity index (χ1n) is 14.3. The number of hydrogen-bond donors (Lipinski definition) is 1. The van der Waals surface area contributed by atoms with E-state index in [1.165, 1.54) is 102 Å². The molecule has 192 valence electrons. The molecule has 0 aliphatic rings. The summed E-state index contributed by atoms with van der Waals surface area (Å²) in [6.45, 7) is 5.30. The van der Waals surface area contributed by atoms with Crippen molar-refractivity contribution in [2.24, 2.45) is 0 Å². The molecule has 1 heterocycles. The lowest BCUT2D eigenvalue weighted by molar-refractivity contribution is 0.101. The van der Waals surface area contributed by atoms with Gasteiger partial charge in [0, 0.05) is 13.2 Å². The van der Waals surface area contributed by atoms with Gasteiger partial charge in [0.15, 0.2) is 0 Å². The maximum Gasteiger partial charge on any atom is 0.129 e. The zero-order chi connectivity index (χ0) is 23.9. The number of benzene rings is 1. The van der Waals surface area contributed by atoms with Gasteiger partial charge >= 0.3 is 0 Å². The van der Waals surface area contributed by atoms with Crippen molar-refractivity contribution >= 4 is 0 Å². The average Bonchev–Trinajstić information content (AvgIpc) is 3.31. The van der Waals surface area contributed by atoms with E-state index in [2.05, 4.69) is 36.5 Å². The highest BCUT2D eigenvalue weighted by molar-refractivity contribution is 5.14.